The second-order valence-corrected chi connectivity index (χ2v) is 5.60. The molecular weight excluding hydrogens is 240 g/mol. The van der Waals surface area contributed by atoms with Gasteiger partial charge < -0.3 is 14.5 Å². The number of hydrogen-bond donors (Lipinski definition) is 0. The van der Waals surface area contributed by atoms with E-state index >= 15 is 0 Å². The summed E-state index contributed by atoms with van der Waals surface area (Å²) in [4.78, 5) is 17.0. The van der Waals surface area contributed by atoms with Crippen LogP contribution in [0, 0.1) is 5.92 Å². The number of hydrogen-bond acceptors (Lipinski definition) is 3. The minimum Gasteiger partial charge on any atom is -0.379 e. The summed E-state index contributed by atoms with van der Waals surface area (Å²) >= 11 is 0. The zero-order valence-corrected chi connectivity index (χ0v) is 11.3. The highest BCUT2D eigenvalue weighted by Gasteiger charge is 2.34. The van der Waals surface area contributed by atoms with Gasteiger partial charge in [0.2, 0.25) is 0 Å². The Labute approximate surface area is 113 Å². The summed E-state index contributed by atoms with van der Waals surface area (Å²) < 4.78 is 5.71. The number of amides is 1. The number of nitrogens with zero attached hydrogens (tertiary/aromatic N) is 2. The van der Waals surface area contributed by atoms with Gasteiger partial charge in [-0.1, -0.05) is 18.2 Å². The van der Waals surface area contributed by atoms with E-state index in [0.29, 0.717) is 12.5 Å². The normalized spacial score (nSPS) is 27.9. The summed E-state index contributed by atoms with van der Waals surface area (Å²) in [6.07, 6.45) is 0. The quantitative estimate of drug-likeness (QED) is 0.758. The Hall–Kier alpha value is -1.39. The van der Waals surface area contributed by atoms with Crippen molar-refractivity contribution in [3.05, 3.63) is 35.9 Å². The van der Waals surface area contributed by atoms with Crippen LogP contribution in [0.15, 0.2) is 30.3 Å². The van der Waals surface area contributed by atoms with E-state index in [1.54, 1.807) is 0 Å². The van der Waals surface area contributed by atoms with E-state index in [1.165, 1.54) is 0 Å². The largest absolute Gasteiger partial charge is 0.379 e. The molecule has 2 heterocycles. The van der Waals surface area contributed by atoms with Gasteiger partial charge in [-0.25, -0.2) is 0 Å². The minimum absolute atomic E-state index is 0.136. The maximum atomic E-state index is 12.7. The van der Waals surface area contributed by atoms with E-state index < -0.39 is 0 Å². The first kappa shape index (κ1) is 12.6. The third-order valence-electron chi connectivity index (χ3n) is 3.93. The molecule has 0 spiro atoms. The molecular formula is C15H20N2O2. The smallest absolute Gasteiger partial charge is 0.254 e. The molecule has 19 heavy (non-hydrogen) atoms. The minimum atomic E-state index is 0.136. The first-order chi connectivity index (χ1) is 9.24. The highest BCUT2D eigenvalue weighted by atomic mass is 16.5. The van der Waals surface area contributed by atoms with Crippen LogP contribution in [0.4, 0.5) is 0 Å². The molecule has 0 N–H and O–H groups in total. The zero-order valence-electron chi connectivity index (χ0n) is 11.3. The number of ether oxygens (including phenoxy) is 1. The third kappa shape index (κ3) is 2.65. The standard InChI is InChI=1S/C15H20N2O2/c1-16-7-12-8-17(14(9-16)11-19-10-12)15(18)13-5-3-2-4-6-13/h2-6,12,14H,7-11H2,1H3/t12-,14-/m0/s1. The second kappa shape index (κ2) is 5.31. The number of likely N-dealkylation sites (N-methyl/N-ethyl adjacent to an activating group) is 1. The molecule has 4 heteroatoms. The summed E-state index contributed by atoms with van der Waals surface area (Å²) in [6, 6.07) is 9.72. The van der Waals surface area contributed by atoms with E-state index in [0.717, 1.165) is 31.8 Å². The van der Waals surface area contributed by atoms with Crippen LogP contribution in [-0.2, 0) is 4.74 Å². The predicted octanol–water partition coefficient (Wildman–Crippen LogP) is 1.09. The van der Waals surface area contributed by atoms with Gasteiger partial charge in [-0.3, -0.25) is 4.79 Å². The summed E-state index contributed by atoms with van der Waals surface area (Å²) in [5.41, 5.74) is 0.776. The van der Waals surface area contributed by atoms with Crippen molar-refractivity contribution >= 4 is 5.91 Å². The summed E-state index contributed by atoms with van der Waals surface area (Å²) in [7, 11) is 2.13. The van der Waals surface area contributed by atoms with Gasteiger partial charge in [0.1, 0.15) is 0 Å². The fourth-order valence-electron chi connectivity index (χ4n) is 3.07. The lowest BCUT2D eigenvalue weighted by Gasteiger charge is -2.29. The molecule has 2 saturated heterocycles. The number of carbonyl (C=O) groups excluding carboxylic acids is 1. The average molecular weight is 260 g/mol. The molecule has 2 aliphatic rings. The molecule has 0 unspecified atom stereocenters. The lowest BCUT2D eigenvalue weighted by Crippen LogP contribution is -2.45. The lowest BCUT2D eigenvalue weighted by atomic mass is 10.1. The van der Waals surface area contributed by atoms with Crippen LogP contribution in [0.25, 0.3) is 0 Å². The van der Waals surface area contributed by atoms with Crippen LogP contribution in [-0.4, -0.2) is 61.6 Å². The molecule has 102 valence electrons. The first-order valence-electron chi connectivity index (χ1n) is 6.86. The Morgan fingerprint density at radius 3 is 2.74 bits per heavy atom. The van der Waals surface area contributed by atoms with Gasteiger partial charge in [0.25, 0.3) is 5.91 Å². The highest BCUT2D eigenvalue weighted by Crippen LogP contribution is 2.20. The molecule has 1 amide bonds. The predicted molar refractivity (Wildman–Crippen MR) is 73.1 cm³/mol. The Morgan fingerprint density at radius 1 is 1.16 bits per heavy atom. The van der Waals surface area contributed by atoms with Crippen molar-refractivity contribution in [2.75, 3.05) is 39.9 Å². The number of carbonyl (C=O) groups is 1. The van der Waals surface area contributed by atoms with E-state index in [4.69, 9.17) is 4.74 Å². The Balaban J connectivity index is 1.85. The van der Waals surface area contributed by atoms with Gasteiger partial charge in [0.05, 0.1) is 19.3 Å². The fraction of sp³-hybridized carbons (Fsp3) is 0.533. The molecule has 2 bridgehead atoms. The maximum Gasteiger partial charge on any atom is 0.254 e. The SMILES string of the molecule is CN1C[C@@H]2COC[C@H](C1)N(C(=O)c1ccccc1)C2. The van der Waals surface area contributed by atoms with Crippen LogP contribution < -0.4 is 0 Å². The van der Waals surface area contributed by atoms with Crippen LogP contribution >= 0.6 is 0 Å². The Bertz CT molecular complexity index is 449. The molecule has 0 aromatic heterocycles. The van der Waals surface area contributed by atoms with Crippen molar-refractivity contribution in [2.24, 2.45) is 5.92 Å². The second-order valence-electron chi connectivity index (χ2n) is 5.60. The maximum absolute atomic E-state index is 12.7. The van der Waals surface area contributed by atoms with Gasteiger partial charge in [-0.15, -0.1) is 0 Å². The molecule has 2 fully saturated rings. The topological polar surface area (TPSA) is 32.8 Å². The Morgan fingerprint density at radius 2 is 1.95 bits per heavy atom. The van der Waals surface area contributed by atoms with Crippen LogP contribution in [0.1, 0.15) is 10.4 Å². The van der Waals surface area contributed by atoms with Gasteiger partial charge in [-0.05, 0) is 19.2 Å². The Kier molecular flexibility index (Phi) is 3.53. The first-order valence-corrected chi connectivity index (χ1v) is 6.86. The van der Waals surface area contributed by atoms with E-state index in [2.05, 4.69) is 11.9 Å². The fourth-order valence-corrected chi connectivity index (χ4v) is 3.07. The van der Waals surface area contributed by atoms with Gasteiger partial charge in [0, 0.05) is 31.1 Å². The van der Waals surface area contributed by atoms with E-state index in [9.17, 15) is 4.79 Å². The average Bonchev–Trinajstić information content (AvgIpc) is 2.69. The van der Waals surface area contributed by atoms with Gasteiger partial charge in [-0.2, -0.15) is 0 Å². The molecule has 1 aromatic rings. The van der Waals surface area contributed by atoms with Crippen molar-refractivity contribution < 1.29 is 9.53 Å². The molecule has 2 aliphatic heterocycles. The summed E-state index contributed by atoms with van der Waals surface area (Å²) in [6.45, 7) is 4.13. The lowest BCUT2D eigenvalue weighted by molar-refractivity contribution is 0.0483. The van der Waals surface area contributed by atoms with Crippen molar-refractivity contribution in [3.63, 3.8) is 0 Å². The van der Waals surface area contributed by atoms with Gasteiger partial charge in [0.15, 0.2) is 0 Å². The van der Waals surface area contributed by atoms with E-state index in [1.807, 2.05) is 35.2 Å². The molecule has 3 rings (SSSR count). The molecule has 2 atom stereocenters. The highest BCUT2D eigenvalue weighted by molar-refractivity contribution is 5.94. The van der Waals surface area contributed by atoms with Crippen molar-refractivity contribution in [3.8, 4) is 0 Å². The molecule has 4 nitrogen and oxygen atoms in total. The van der Waals surface area contributed by atoms with Crippen molar-refractivity contribution in [2.45, 2.75) is 6.04 Å². The number of benzene rings is 1. The molecule has 0 aliphatic carbocycles. The summed E-state index contributed by atoms with van der Waals surface area (Å²) in [5, 5.41) is 0. The third-order valence-corrected chi connectivity index (χ3v) is 3.93. The van der Waals surface area contributed by atoms with Crippen molar-refractivity contribution in [1.82, 2.24) is 9.80 Å². The molecule has 1 aromatic carbocycles. The van der Waals surface area contributed by atoms with E-state index in [-0.39, 0.29) is 11.9 Å². The van der Waals surface area contributed by atoms with Crippen LogP contribution in [0.2, 0.25) is 0 Å². The zero-order chi connectivity index (χ0) is 13.2. The number of fused-ring (bicyclic) bond motifs is 3. The van der Waals surface area contributed by atoms with Gasteiger partial charge >= 0.3 is 0 Å². The van der Waals surface area contributed by atoms with Crippen LogP contribution in [0.5, 0.6) is 0 Å². The summed E-state index contributed by atoms with van der Waals surface area (Å²) in [5.74, 6) is 0.557. The van der Waals surface area contributed by atoms with Crippen molar-refractivity contribution in [1.29, 1.82) is 0 Å². The monoisotopic (exact) mass is 260 g/mol. The molecule has 0 radical (unpaired) electrons. The van der Waals surface area contributed by atoms with Crippen LogP contribution in [0.3, 0.4) is 0 Å². The number of rotatable bonds is 1. The molecule has 0 saturated carbocycles.